The first-order valence-electron chi connectivity index (χ1n) is 5.21. The highest BCUT2D eigenvalue weighted by molar-refractivity contribution is 7.09. The van der Waals surface area contributed by atoms with Crippen molar-refractivity contribution in [3.63, 3.8) is 0 Å². The van der Waals surface area contributed by atoms with E-state index in [4.69, 9.17) is 10.5 Å². The van der Waals surface area contributed by atoms with E-state index in [1.54, 1.807) is 11.3 Å². The van der Waals surface area contributed by atoms with Crippen LogP contribution in [0.4, 0.5) is 0 Å². The lowest BCUT2D eigenvalue weighted by atomic mass is 10.1. The summed E-state index contributed by atoms with van der Waals surface area (Å²) in [4.78, 5) is 4.39. The van der Waals surface area contributed by atoms with Gasteiger partial charge in [-0.15, -0.1) is 11.3 Å². The van der Waals surface area contributed by atoms with Gasteiger partial charge < -0.3 is 15.8 Å². The molecule has 0 amide bonds. The predicted molar refractivity (Wildman–Crippen MR) is 60.8 cm³/mol. The van der Waals surface area contributed by atoms with Gasteiger partial charge in [0.25, 0.3) is 0 Å². The van der Waals surface area contributed by atoms with Crippen LogP contribution >= 0.6 is 11.3 Å². The molecule has 15 heavy (non-hydrogen) atoms. The monoisotopic (exact) mass is 227 g/mol. The molecule has 0 aromatic carbocycles. The molecule has 0 spiro atoms. The van der Waals surface area contributed by atoms with Crippen molar-refractivity contribution in [1.29, 1.82) is 0 Å². The van der Waals surface area contributed by atoms with Crippen molar-refractivity contribution < 1.29 is 4.74 Å². The largest absolute Gasteiger partial charge is 0.379 e. The molecule has 1 aromatic heterocycles. The molecular weight excluding hydrogens is 210 g/mol. The van der Waals surface area contributed by atoms with E-state index in [0.29, 0.717) is 12.5 Å². The maximum atomic E-state index is 5.88. The van der Waals surface area contributed by atoms with Crippen molar-refractivity contribution in [2.75, 3.05) is 19.8 Å². The average Bonchev–Trinajstić information content (AvgIpc) is 2.77. The van der Waals surface area contributed by atoms with E-state index < -0.39 is 0 Å². The zero-order valence-corrected chi connectivity index (χ0v) is 9.72. The summed E-state index contributed by atoms with van der Waals surface area (Å²) in [7, 11) is 0. The highest BCUT2D eigenvalue weighted by atomic mass is 32.1. The van der Waals surface area contributed by atoms with E-state index >= 15 is 0 Å². The molecule has 1 saturated heterocycles. The molecule has 5 heteroatoms. The summed E-state index contributed by atoms with van der Waals surface area (Å²) in [6, 6.07) is 0.190. The third-order valence-corrected chi connectivity index (χ3v) is 3.56. The molecule has 2 unspecified atom stereocenters. The highest BCUT2D eigenvalue weighted by Gasteiger charge is 2.24. The summed E-state index contributed by atoms with van der Waals surface area (Å²) in [5.74, 6) is 0.450. The van der Waals surface area contributed by atoms with E-state index in [2.05, 4.69) is 15.7 Å². The van der Waals surface area contributed by atoms with E-state index in [1.165, 1.54) is 0 Å². The standard InChI is InChI=1S/C10H17N3OS/c1-7-6-15-10(13-7)3-12-2-8-4-14-5-9(8)11/h6,8-9,12H,2-5,11H2,1H3. The fourth-order valence-electron chi connectivity index (χ4n) is 1.67. The number of aromatic nitrogens is 1. The van der Waals surface area contributed by atoms with Crippen molar-refractivity contribution in [3.8, 4) is 0 Å². The van der Waals surface area contributed by atoms with Crippen LogP contribution in [0.25, 0.3) is 0 Å². The SMILES string of the molecule is Cc1csc(CNCC2COCC2N)n1. The molecule has 0 aliphatic carbocycles. The van der Waals surface area contributed by atoms with Gasteiger partial charge in [0.2, 0.25) is 0 Å². The molecule has 1 aromatic rings. The number of nitrogens with one attached hydrogen (secondary N) is 1. The molecule has 3 N–H and O–H groups in total. The fourth-order valence-corrected chi connectivity index (χ4v) is 2.42. The van der Waals surface area contributed by atoms with Gasteiger partial charge in [-0.2, -0.15) is 0 Å². The van der Waals surface area contributed by atoms with E-state index in [9.17, 15) is 0 Å². The van der Waals surface area contributed by atoms with Crippen LogP contribution in [0.2, 0.25) is 0 Å². The van der Waals surface area contributed by atoms with Crippen LogP contribution < -0.4 is 11.1 Å². The third kappa shape index (κ3) is 2.98. The molecular formula is C10H17N3OS. The van der Waals surface area contributed by atoms with Crippen molar-refractivity contribution in [2.24, 2.45) is 11.7 Å². The van der Waals surface area contributed by atoms with Gasteiger partial charge in [0.15, 0.2) is 0 Å². The van der Waals surface area contributed by atoms with Gasteiger partial charge in [-0.1, -0.05) is 0 Å². The van der Waals surface area contributed by atoms with E-state index in [-0.39, 0.29) is 6.04 Å². The number of rotatable bonds is 4. The zero-order chi connectivity index (χ0) is 10.7. The number of nitrogens with zero attached hydrogens (tertiary/aromatic N) is 1. The second-order valence-corrected chi connectivity index (χ2v) is 4.92. The summed E-state index contributed by atoms with van der Waals surface area (Å²) in [6.45, 7) is 5.25. The molecule has 4 nitrogen and oxygen atoms in total. The smallest absolute Gasteiger partial charge is 0.107 e. The minimum atomic E-state index is 0.190. The lowest BCUT2D eigenvalue weighted by Gasteiger charge is -2.12. The Morgan fingerprint density at radius 2 is 2.53 bits per heavy atom. The Labute approximate surface area is 93.8 Å². The second-order valence-electron chi connectivity index (χ2n) is 3.97. The average molecular weight is 227 g/mol. The van der Waals surface area contributed by atoms with E-state index in [0.717, 1.165) is 30.4 Å². The molecule has 2 atom stereocenters. The van der Waals surface area contributed by atoms with Crippen molar-refractivity contribution in [2.45, 2.75) is 19.5 Å². The van der Waals surface area contributed by atoms with Crippen LogP contribution in [0.5, 0.6) is 0 Å². The van der Waals surface area contributed by atoms with Crippen molar-refractivity contribution in [1.82, 2.24) is 10.3 Å². The lowest BCUT2D eigenvalue weighted by Crippen LogP contribution is -2.35. The topological polar surface area (TPSA) is 60.2 Å². The summed E-state index contributed by atoms with van der Waals surface area (Å²) in [6.07, 6.45) is 0. The number of thiazole rings is 1. The number of ether oxygens (including phenoxy) is 1. The minimum Gasteiger partial charge on any atom is -0.379 e. The van der Waals surface area contributed by atoms with Crippen molar-refractivity contribution >= 4 is 11.3 Å². The third-order valence-electron chi connectivity index (χ3n) is 2.60. The van der Waals surface area contributed by atoms with Gasteiger partial charge in [0, 0.05) is 36.1 Å². The maximum Gasteiger partial charge on any atom is 0.107 e. The zero-order valence-electron chi connectivity index (χ0n) is 8.90. The number of hydrogen-bond acceptors (Lipinski definition) is 5. The van der Waals surface area contributed by atoms with Gasteiger partial charge in [0.05, 0.1) is 13.2 Å². The van der Waals surface area contributed by atoms with Gasteiger partial charge in [-0.05, 0) is 6.92 Å². The number of hydrogen-bond donors (Lipinski definition) is 2. The first-order valence-corrected chi connectivity index (χ1v) is 6.08. The fraction of sp³-hybridized carbons (Fsp3) is 0.700. The van der Waals surface area contributed by atoms with Crippen LogP contribution in [0, 0.1) is 12.8 Å². The molecule has 0 radical (unpaired) electrons. The second kappa shape index (κ2) is 5.03. The van der Waals surface area contributed by atoms with Gasteiger partial charge in [0.1, 0.15) is 5.01 Å². The van der Waals surface area contributed by atoms with Gasteiger partial charge in [-0.25, -0.2) is 4.98 Å². The number of nitrogens with two attached hydrogens (primary N) is 1. The van der Waals surface area contributed by atoms with E-state index in [1.807, 2.05) is 6.92 Å². The first-order chi connectivity index (χ1) is 7.25. The first kappa shape index (κ1) is 11.0. The Morgan fingerprint density at radius 1 is 1.67 bits per heavy atom. The van der Waals surface area contributed by atoms with Crippen LogP contribution in [-0.2, 0) is 11.3 Å². The quantitative estimate of drug-likeness (QED) is 0.787. The Balaban J connectivity index is 1.70. The molecule has 0 bridgehead atoms. The van der Waals surface area contributed by atoms with Gasteiger partial charge >= 0.3 is 0 Å². The minimum absolute atomic E-state index is 0.190. The Bertz CT molecular complexity index is 315. The molecule has 1 aliphatic rings. The van der Waals surface area contributed by atoms with Crippen LogP contribution in [-0.4, -0.2) is 30.8 Å². The Kier molecular flexibility index (Phi) is 3.69. The molecule has 1 aliphatic heterocycles. The maximum absolute atomic E-state index is 5.88. The molecule has 84 valence electrons. The Morgan fingerprint density at radius 3 is 3.13 bits per heavy atom. The highest BCUT2D eigenvalue weighted by Crippen LogP contribution is 2.11. The van der Waals surface area contributed by atoms with Crippen LogP contribution in [0.1, 0.15) is 10.7 Å². The predicted octanol–water partition coefficient (Wildman–Crippen LogP) is 0.515. The van der Waals surface area contributed by atoms with Crippen molar-refractivity contribution in [3.05, 3.63) is 16.1 Å². The summed E-state index contributed by atoms with van der Waals surface area (Å²) in [5, 5.41) is 6.59. The molecule has 2 rings (SSSR count). The molecule has 0 saturated carbocycles. The van der Waals surface area contributed by atoms with Crippen LogP contribution in [0.15, 0.2) is 5.38 Å². The summed E-state index contributed by atoms with van der Waals surface area (Å²) in [5.41, 5.74) is 6.98. The summed E-state index contributed by atoms with van der Waals surface area (Å²) >= 11 is 1.70. The molecule has 1 fully saturated rings. The van der Waals surface area contributed by atoms with Gasteiger partial charge in [-0.3, -0.25) is 0 Å². The summed E-state index contributed by atoms with van der Waals surface area (Å²) < 4.78 is 5.30. The number of aryl methyl sites for hydroxylation is 1. The van der Waals surface area contributed by atoms with Crippen LogP contribution in [0.3, 0.4) is 0 Å². The lowest BCUT2D eigenvalue weighted by molar-refractivity contribution is 0.184. The molecule has 2 heterocycles. The Hall–Kier alpha value is -0.490. The normalized spacial score (nSPS) is 26.0.